The van der Waals surface area contributed by atoms with Gasteiger partial charge in [0.25, 0.3) is 0 Å². The number of nitrogens with one attached hydrogen (secondary N) is 1. The molecule has 0 saturated heterocycles. The van der Waals surface area contributed by atoms with Crippen molar-refractivity contribution in [3.05, 3.63) is 65.2 Å². The average Bonchev–Trinajstić information content (AvgIpc) is 2.52. The van der Waals surface area contributed by atoms with Crippen LogP contribution in [0.15, 0.2) is 48.5 Å². The lowest BCUT2D eigenvalue weighted by Gasteiger charge is -2.29. The van der Waals surface area contributed by atoms with E-state index in [1.165, 1.54) is 0 Å². The van der Waals surface area contributed by atoms with Crippen LogP contribution < -0.4 is 9.62 Å². The van der Waals surface area contributed by atoms with Crippen molar-refractivity contribution in [1.82, 2.24) is 5.32 Å². The van der Waals surface area contributed by atoms with Crippen LogP contribution in [0, 0.1) is 13.8 Å². The first kappa shape index (κ1) is 21.0. The number of rotatable bonds is 7. The molecule has 0 aliphatic rings. The van der Waals surface area contributed by atoms with Crippen LogP contribution in [0.2, 0.25) is 0 Å². The number of benzene rings is 2. The Morgan fingerprint density at radius 1 is 1.07 bits per heavy atom. The quantitative estimate of drug-likeness (QED) is 0.792. The monoisotopic (exact) mass is 388 g/mol. The largest absolute Gasteiger partial charge is 0.349 e. The fourth-order valence-corrected chi connectivity index (χ4v) is 4.08. The Kier molecular flexibility index (Phi) is 6.31. The zero-order chi connectivity index (χ0) is 20.2. The van der Waals surface area contributed by atoms with Crippen molar-refractivity contribution in [3.63, 3.8) is 0 Å². The van der Waals surface area contributed by atoms with Crippen LogP contribution in [0.25, 0.3) is 0 Å². The van der Waals surface area contributed by atoms with Crippen molar-refractivity contribution in [1.29, 1.82) is 0 Å². The summed E-state index contributed by atoms with van der Waals surface area (Å²) in [5.41, 5.74) is 3.00. The van der Waals surface area contributed by atoms with Crippen LogP contribution in [-0.2, 0) is 21.2 Å². The van der Waals surface area contributed by atoms with E-state index in [2.05, 4.69) is 5.32 Å². The van der Waals surface area contributed by atoms with Crippen molar-refractivity contribution < 1.29 is 13.2 Å². The third-order valence-electron chi connectivity index (χ3n) is 4.28. The van der Waals surface area contributed by atoms with Gasteiger partial charge in [-0.25, -0.2) is 8.42 Å². The number of nitrogens with zero attached hydrogens (tertiary/aromatic N) is 1. The SMILES string of the molecule is Cc1ccc(N(CC(=O)NC(C)(C)Cc2ccccc2)S(C)(=O)=O)c(C)c1. The Labute approximate surface area is 162 Å². The summed E-state index contributed by atoms with van der Waals surface area (Å²) in [5.74, 6) is -0.332. The highest BCUT2D eigenvalue weighted by Gasteiger charge is 2.26. The Balaban J connectivity index is 2.16. The Morgan fingerprint density at radius 2 is 1.70 bits per heavy atom. The van der Waals surface area contributed by atoms with Crippen LogP contribution in [0.5, 0.6) is 0 Å². The van der Waals surface area contributed by atoms with Crippen molar-refractivity contribution in [2.75, 3.05) is 17.1 Å². The highest BCUT2D eigenvalue weighted by Crippen LogP contribution is 2.23. The molecule has 0 aliphatic carbocycles. The lowest BCUT2D eigenvalue weighted by atomic mass is 9.95. The Hall–Kier alpha value is -2.34. The smallest absolute Gasteiger partial charge is 0.241 e. The van der Waals surface area contributed by atoms with Gasteiger partial charge in [-0.1, -0.05) is 48.0 Å². The molecular formula is C21H28N2O3S. The fourth-order valence-electron chi connectivity index (χ4n) is 3.16. The molecule has 27 heavy (non-hydrogen) atoms. The normalized spacial score (nSPS) is 11.9. The van der Waals surface area contributed by atoms with E-state index < -0.39 is 15.6 Å². The maximum Gasteiger partial charge on any atom is 0.241 e. The Bertz CT molecular complexity index is 906. The molecule has 0 heterocycles. The van der Waals surface area contributed by atoms with Crippen molar-refractivity contribution >= 4 is 21.6 Å². The lowest BCUT2D eigenvalue weighted by molar-refractivity contribution is -0.121. The third kappa shape index (κ3) is 6.10. The van der Waals surface area contributed by atoms with Gasteiger partial charge in [-0.05, 0) is 51.3 Å². The summed E-state index contributed by atoms with van der Waals surface area (Å²) in [6, 6.07) is 15.4. The standard InChI is InChI=1S/C21H28N2O3S/c1-16-11-12-19(17(2)13-16)23(27(5,25)26)15-20(24)22-21(3,4)14-18-9-7-6-8-10-18/h6-13H,14-15H2,1-5H3,(H,22,24). The number of carbonyl (C=O) groups excluding carboxylic acids is 1. The minimum Gasteiger partial charge on any atom is -0.349 e. The molecule has 6 heteroatoms. The molecule has 0 bridgehead atoms. The molecule has 1 N–H and O–H groups in total. The highest BCUT2D eigenvalue weighted by molar-refractivity contribution is 7.92. The fraction of sp³-hybridized carbons (Fsp3) is 0.381. The molecule has 0 saturated carbocycles. The topological polar surface area (TPSA) is 66.5 Å². The second-order valence-corrected chi connectivity index (χ2v) is 9.56. The van der Waals surface area contributed by atoms with E-state index >= 15 is 0 Å². The predicted molar refractivity (Wildman–Crippen MR) is 110 cm³/mol. The summed E-state index contributed by atoms with van der Waals surface area (Å²) in [5, 5.41) is 2.96. The number of hydrogen-bond donors (Lipinski definition) is 1. The van der Waals surface area contributed by atoms with E-state index in [0.717, 1.165) is 27.3 Å². The number of amides is 1. The second kappa shape index (κ2) is 8.13. The van der Waals surface area contributed by atoms with E-state index in [1.807, 2.05) is 70.2 Å². The van der Waals surface area contributed by atoms with Gasteiger partial charge < -0.3 is 5.32 Å². The van der Waals surface area contributed by atoms with Gasteiger partial charge in [0, 0.05) is 5.54 Å². The van der Waals surface area contributed by atoms with Crippen LogP contribution in [0.4, 0.5) is 5.69 Å². The molecule has 0 atom stereocenters. The molecule has 146 valence electrons. The maximum atomic E-state index is 12.6. The number of hydrogen-bond acceptors (Lipinski definition) is 3. The van der Waals surface area contributed by atoms with Gasteiger partial charge in [0.05, 0.1) is 11.9 Å². The van der Waals surface area contributed by atoms with Crippen LogP contribution in [-0.4, -0.2) is 32.7 Å². The van der Waals surface area contributed by atoms with E-state index in [4.69, 9.17) is 0 Å². The first-order valence-electron chi connectivity index (χ1n) is 8.88. The molecule has 0 unspecified atom stereocenters. The van der Waals surface area contributed by atoms with E-state index in [0.29, 0.717) is 12.1 Å². The van der Waals surface area contributed by atoms with E-state index in [1.54, 1.807) is 6.07 Å². The minimum atomic E-state index is -3.59. The first-order valence-corrected chi connectivity index (χ1v) is 10.7. The Morgan fingerprint density at radius 3 is 2.26 bits per heavy atom. The van der Waals surface area contributed by atoms with Crippen molar-refractivity contribution in [2.24, 2.45) is 0 Å². The maximum absolute atomic E-state index is 12.6. The number of carbonyl (C=O) groups is 1. The molecule has 0 spiro atoms. The molecule has 2 aromatic carbocycles. The summed E-state index contributed by atoms with van der Waals surface area (Å²) in [6.45, 7) is 7.40. The van der Waals surface area contributed by atoms with Gasteiger partial charge in [0.15, 0.2) is 0 Å². The molecule has 5 nitrogen and oxygen atoms in total. The van der Waals surface area contributed by atoms with Gasteiger partial charge in [-0.2, -0.15) is 0 Å². The molecule has 0 aliphatic heterocycles. The third-order valence-corrected chi connectivity index (χ3v) is 5.40. The predicted octanol–water partition coefficient (Wildman–Crippen LogP) is 3.21. The summed E-state index contributed by atoms with van der Waals surface area (Å²) in [6.07, 6.45) is 1.77. The first-order chi connectivity index (χ1) is 12.5. The zero-order valence-electron chi connectivity index (χ0n) is 16.6. The van der Waals surface area contributed by atoms with E-state index in [9.17, 15) is 13.2 Å². The molecule has 0 radical (unpaired) electrons. The van der Waals surface area contributed by atoms with Gasteiger partial charge in [-0.15, -0.1) is 0 Å². The number of sulfonamides is 1. The van der Waals surface area contributed by atoms with Crippen molar-refractivity contribution in [2.45, 2.75) is 39.7 Å². The van der Waals surface area contributed by atoms with Gasteiger partial charge >= 0.3 is 0 Å². The molecular weight excluding hydrogens is 360 g/mol. The number of aryl methyl sites for hydroxylation is 2. The minimum absolute atomic E-state index is 0.249. The molecule has 0 fully saturated rings. The van der Waals surface area contributed by atoms with Crippen LogP contribution >= 0.6 is 0 Å². The van der Waals surface area contributed by atoms with Crippen LogP contribution in [0.3, 0.4) is 0 Å². The average molecular weight is 389 g/mol. The van der Waals surface area contributed by atoms with Crippen molar-refractivity contribution in [3.8, 4) is 0 Å². The summed E-state index contributed by atoms with van der Waals surface area (Å²) in [7, 11) is -3.59. The van der Waals surface area contributed by atoms with E-state index in [-0.39, 0.29) is 12.5 Å². The van der Waals surface area contributed by atoms with Gasteiger partial charge in [-0.3, -0.25) is 9.10 Å². The molecule has 1 amide bonds. The lowest BCUT2D eigenvalue weighted by Crippen LogP contribution is -2.50. The molecule has 2 aromatic rings. The molecule has 2 rings (SSSR count). The summed E-state index contributed by atoms with van der Waals surface area (Å²) < 4.78 is 25.8. The zero-order valence-corrected chi connectivity index (χ0v) is 17.4. The van der Waals surface area contributed by atoms with Gasteiger partial charge in [0.1, 0.15) is 6.54 Å². The molecule has 0 aromatic heterocycles. The number of anilines is 1. The highest BCUT2D eigenvalue weighted by atomic mass is 32.2. The summed E-state index contributed by atoms with van der Waals surface area (Å²) >= 11 is 0. The second-order valence-electron chi connectivity index (χ2n) is 7.65. The summed E-state index contributed by atoms with van der Waals surface area (Å²) in [4.78, 5) is 12.6. The van der Waals surface area contributed by atoms with Crippen LogP contribution in [0.1, 0.15) is 30.5 Å². The van der Waals surface area contributed by atoms with Gasteiger partial charge in [0.2, 0.25) is 15.9 Å².